The zero-order valence-corrected chi connectivity index (χ0v) is 8.34. The van der Waals surface area contributed by atoms with Gasteiger partial charge in [-0.1, -0.05) is 30.3 Å². The molecule has 0 aliphatic carbocycles. The minimum atomic E-state index is -0.796. The Labute approximate surface area is 87.6 Å². The van der Waals surface area contributed by atoms with Crippen LogP contribution in [-0.4, -0.2) is 25.2 Å². The highest BCUT2D eigenvalue weighted by molar-refractivity contribution is 5.77. The van der Waals surface area contributed by atoms with E-state index in [0.29, 0.717) is 6.42 Å². The number of carbonyl (C=O) groups excluding carboxylic acids is 2. The Morgan fingerprint density at radius 1 is 1.47 bits per heavy atom. The molecule has 0 bridgehead atoms. The fourth-order valence-corrected chi connectivity index (χ4v) is 1.22. The number of rotatable bonds is 4. The van der Waals surface area contributed by atoms with Crippen LogP contribution in [0.1, 0.15) is 5.56 Å². The molecule has 0 radical (unpaired) electrons. The van der Waals surface area contributed by atoms with E-state index < -0.39 is 12.0 Å². The summed E-state index contributed by atoms with van der Waals surface area (Å²) in [6, 6.07) is 8.50. The first kappa shape index (κ1) is 11.1. The van der Waals surface area contributed by atoms with Crippen molar-refractivity contribution in [1.29, 1.82) is 0 Å². The molecule has 0 N–H and O–H groups in total. The van der Waals surface area contributed by atoms with E-state index in [2.05, 4.69) is 9.73 Å². The molecule has 0 unspecified atom stereocenters. The van der Waals surface area contributed by atoms with Gasteiger partial charge in [0.15, 0.2) is 6.04 Å². The lowest BCUT2D eigenvalue weighted by molar-refractivity contribution is -0.142. The molecule has 4 heteroatoms. The SMILES string of the molecule is COC(=O)[C@H](Cc1ccccc1)N=C=O. The minimum absolute atomic E-state index is 0.350. The van der Waals surface area contributed by atoms with Crippen molar-refractivity contribution in [3.05, 3.63) is 35.9 Å². The first-order valence-corrected chi connectivity index (χ1v) is 4.46. The van der Waals surface area contributed by atoms with Crippen molar-refractivity contribution in [2.45, 2.75) is 12.5 Å². The smallest absolute Gasteiger partial charge is 0.331 e. The molecule has 4 nitrogen and oxygen atoms in total. The average molecular weight is 205 g/mol. The molecule has 0 aliphatic rings. The van der Waals surface area contributed by atoms with Crippen LogP contribution in [0.3, 0.4) is 0 Å². The lowest BCUT2D eigenvalue weighted by atomic mass is 10.1. The van der Waals surface area contributed by atoms with Crippen LogP contribution in [-0.2, 0) is 20.7 Å². The van der Waals surface area contributed by atoms with Gasteiger partial charge in [0.05, 0.1) is 7.11 Å². The Hall–Kier alpha value is -1.93. The van der Waals surface area contributed by atoms with Crippen molar-refractivity contribution in [3.8, 4) is 0 Å². The Morgan fingerprint density at radius 3 is 2.67 bits per heavy atom. The Kier molecular flexibility index (Phi) is 4.26. The van der Waals surface area contributed by atoms with Crippen molar-refractivity contribution in [2.24, 2.45) is 4.99 Å². The second kappa shape index (κ2) is 5.73. The quantitative estimate of drug-likeness (QED) is 0.420. The molecule has 1 rings (SSSR count). The van der Waals surface area contributed by atoms with Gasteiger partial charge in [0.1, 0.15) is 0 Å². The molecule has 0 aliphatic heterocycles. The van der Waals surface area contributed by atoms with Gasteiger partial charge in [-0.15, -0.1) is 0 Å². The molecule has 0 saturated heterocycles. The lowest BCUT2D eigenvalue weighted by Crippen LogP contribution is -2.22. The summed E-state index contributed by atoms with van der Waals surface area (Å²) in [5.74, 6) is -0.526. The molecule has 0 fully saturated rings. The van der Waals surface area contributed by atoms with Gasteiger partial charge in [0, 0.05) is 6.42 Å². The number of hydrogen-bond acceptors (Lipinski definition) is 4. The maximum Gasteiger partial charge on any atom is 0.331 e. The van der Waals surface area contributed by atoms with Crippen molar-refractivity contribution in [3.63, 3.8) is 0 Å². The van der Waals surface area contributed by atoms with Crippen LogP contribution in [0, 0.1) is 0 Å². The molecule has 15 heavy (non-hydrogen) atoms. The van der Waals surface area contributed by atoms with Crippen LogP contribution in [0.25, 0.3) is 0 Å². The highest BCUT2D eigenvalue weighted by Crippen LogP contribution is 2.06. The first-order valence-electron chi connectivity index (χ1n) is 4.46. The zero-order chi connectivity index (χ0) is 11.1. The number of isocyanates is 1. The second-order valence-corrected chi connectivity index (χ2v) is 2.95. The van der Waals surface area contributed by atoms with Gasteiger partial charge in [-0.3, -0.25) is 0 Å². The van der Waals surface area contributed by atoms with Crippen molar-refractivity contribution >= 4 is 12.0 Å². The van der Waals surface area contributed by atoms with Crippen LogP contribution in [0.5, 0.6) is 0 Å². The van der Waals surface area contributed by atoms with Gasteiger partial charge in [-0.25, -0.2) is 9.59 Å². The molecular weight excluding hydrogens is 194 g/mol. The van der Waals surface area contributed by atoms with Crippen molar-refractivity contribution in [1.82, 2.24) is 0 Å². The highest BCUT2D eigenvalue weighted by atomic mass is 16.5. The molecule has 1 atom stereocenters. The van der Waals surface area contributed by atoms with Gasteiger partial charge < -0.3 is 4.74 Å². The van der Waals surface area contributed by atoms with E-state index in [1.165, 1.54) is 13.2 Å². The van der Waals surface area contributed by atoms with Gasteiger partial charge in [0.2, 0.25) is 6.08 Å². The van der Waals surface area contributed by atoms with Crippen LogP contribution in [0.15, 0.2) is 35.3 Å². The Morgan fingerprint density at radius 2 is 2.13 bits per heavy atom. The number of benzene rings is 1. The summed E-state index contributed by atoms with van der Waals surface area (Å²) < 4.78 is 4.53. The maximum atomic E-state index is 11.2. The summed E-state index contributed by atoms with van der Waals surface area (Å²) >= 11 is 0. The van der Waals surface area contributed by atoms with Crippen molar-refractivity contribution < 1.29 is 14.3 Å². The van der Waals surface area contributed by atoms with E-state index in [-0.39, 0.29) is 0 Å². The summed E-state index contributed by atoms with van der Waals surface area (Å²) in [7, 11) is 1.26. The molecule has 0 heterocycles. The molecular formula is C11H11NO3. The monoisotopic (exact) mass is 205 g/mol. The molecule has 1 aromatic rings. The van der Waals surface area contributed by atoms with E-state index in [4.69, 9.17) is 0 Å². The third-order valence-electron chi connectivity index (χ3n) is 1.95. The predicted octanol–water partition coefficient (Wildman–Crippen LogP) is 1.11. The lowest BCUT2D eigenvalue weighted by Gasteiger charge is -2.07. The first-order chi connectivity index (χ1) is 7.27. The number of methoxy groups -OCH3 is 1. The predicted molar refractivity (Wildman–Crippen MR) is 54.1 cm³/mol. The number of esters is 1. The number of aliphatic imine (C=N–C) groups is 1. The van der Waals surface area contributed by atoms with Crippen LogP contribution < -0.4 is 0 Å². The molecule has 1 aromatic carbocycles. The minimum Gasteiger partial charge on any atom is -0.467 e. The summed E-state index contributed by atoms with van der Waals surface area (Å²) in [6.07, 6.45) is 1.73. The second-order valence-electron chi connectivity index (χ2n) is 2.95. The fourth-order valence-electron chi connectivity index (χ4n) is 1.22. The van der Waals surface area contributed by atoms with Gasteiger partial charge >= 0.3 is 5.97 Å². The topological polar surface area (TPSA) is 55.7 Å². The normalized spacial score (nSPS) is 11.3. The molecule has 0 spiro atoms. The summed E-state index contributed by atoms with van der Waals surface area (Å²) in [5, 5.41) is 0. The maximum absolute atomic E-state index is 11.2. The zero-order valence-electron chi connectivity index (χ0n) is 8.34. The molecule has 0 amide bonds. The largest absolute Gasteiger partial charge is 0.467 e. The Balaban J connectivity index is 2.75. The van der Waals surface area contributed by atoms with Crippen LogP contribution in [0.2, 0.25) is 0 Å². The summed E-state index contributed by atoms with van der Waals surface area (Å²) in [6.45, 7) is 0. The number of hydrogen-bond donors (Lipinski definition) is 0. The van der Waals surface area contributed by atoms with E-state index in [0.717, 1.165) is 5.56 Å². The summed E-state index contributed by atoms with van der Waals surface area (Å²) in [5.41, 5.74) is 0.923. The third kappa shape index (κ3) is 3.37. The van der Waals surface area contributed by atoms with E-state index in [9.17, 15) is 9.59 Å². The van der Waals surface area contributed by atoms with E-state index in [1.54, 1.807) is 0 Å². The van der Waals surface area contributed by atoms with Gasteiger partial charge in [0.25, 0.3) is 0 Å². The van der Waals surface area contributed by atoms with Crippen LogP contribution >= 0.6 is 0 Å². The van der Waals surface area contributed by atoms with Crippen LogP contribution in [0.4, 0.5) is 0 Å². The van der Waals surface area contributed by atoms with Crippen molar-refractivity contribution in [2.75, 3.05) is 7.11 Å². The average Bonchev–Trinajstić information content (AvgIpc) is 2.29. The molecule has 0 aromatic heterocycles. The third-order valence-corrected chi connectivity index (χ3v) is 1.95. The van der Waals surface area contributed by atoms with Gasteiger partial charge in [-0.05, 0) is 5.56 Å². The standard InChI is InChI=1S/C11H11NO3/c1-15-11(14)10(12-8-13)7-9-5-3-2-4-6-9/h2-6,10H,7H2,1H3/t10-/m0/s1. The number of ether oxygens (including phenoxy) is 1. The van der Waals surface area contributed by atoms with E-state index in [1.807, 2.05) is 30.3 Å². The number of nitrogens with zero attached hydrogens (tertiary/aromatic N) is 1. The Bertz CT molecular complexity index is 369. The number of carbonyl (C=O) groups is 1. The summed E-state index contributed by atoms with van der Waals surface area (Å²) in [4.78, 5) is 24.7. The van der Waals surface area contributed by atoms with Gasteiger partial charge in [-0.2, -0.15) is 4.99 Å². The fraction of sp³-hybridized carbons (Fsp3) is 0.273. The molecule has 0 saturated carbocycles. The highest BCUT2D eigenvalue weighted by Gasteiger charge is 2.18. The molecule has 78 valence electrons. The van der Waals surface area contributed by atoms with E-state index >= 15 is 0 Å².